The van der Waals surface area contributed by atoms with Gasteiger partial charge in [-0.05, 0) is 36.4 Å². The Morgan fingerprint density at radius 3 is 2.59 bits per heavy atom. The molecule has 0 aliphatic carbocycles. The summed E-state index contributed by atoms with van der Waals surface area (Å²) in [4.78, 5) is 24.7. The molecule has 27 heavy (non-hydrogen) atoms. The summed E-state index contributed by atoms with van der Waals surface area (Å²) in [6.07, 6.45) is 0. The summed E-state index contributed by atoms with van der Waals surface area (Å²) in [6.45, 7) is 1.56. The molecule has 1 saturated heterocycles. The number of amides is 2. The average molecular weight is 409 g/mol. The Labute approximate surface area is 161 Å². The molecular weight excluding hydrogens is 392 g/mol. The van der Waals surface area contributed by atoms with Gasteiger partial charge in [0.15, 0.2) is 0 Å². The predicted octanol–water partition coefficient (Wildman–Crippen LogP) is 2.91. The van der Waals surface area contributed by atoms with Crippen molar-refractivity contribution in [3.63, 3.8) is 0 Å². The quantitative estimate of drug-likeness (QED) is 0.839. The zero-order chi connectivity index (χ0) is 19.8. The van der Waals surface area contributed by atoms with E-state index in [9.17, 15) is 18.0 Å². The summed E-state index contributed by atoms with van der Waals surface area (Å²) < 4.78 is 30.3. The Balaban J connectivity index is 1.86. The maximum absolute atomic E-state index is 12.5. The molecule has 3 rings (SSSR count). The van der Waals surface area contributed by atoms with Gasteiger partial charge < -0.3 is 10.1 Å². The monoisotopic (exact) mass is 408 g/mol. The van der Waals surface area contributed by atoms with Crippen LogP contribution in [0.3, 0.4) is 0 Å². The van der Waals surface area contributed by atoms with Crippen molar-refractivity contribution in [1.82, 2.24) is 0 Å². The van der Waals surface area contributed by atoms with E-state index in [1.165, 1.54) is 37.4 Å². The Kier molecular flexibility index (Phi) is 5.12. The van der Waals surface area contributed by atoms with Crippen LogP contribution in [-0.2, 0) is 14.8 Å². The first-order valence-electron chi connectivity index (χ1n) is 8.05. The minimum Gasteiger partial charge on any atom is -0.495 e. The minimum atomic E-state index is -3.73. The highest BCUT2D eigenvalue weighted by molar-refractivity contribution is 7.94. The van der Waals surface area contributed by atoms with E-state index in [1.807, 2.05) is 0 Å². The molecule has 142 valence electrons. The summed E-state index contributed by atoms with van der Waals surface area (Å²) >= 11 is 6.04. The molecular formula is C18H17ClN2O5S. The van der Waals surface area contributed by atoms with Crippen LogP contribution in [0.15, 0.2) is 42.5 Å². The Bertz CT molecular complexity index is 1020. The van der Waals surface area contributed by atoms with E-state index >= 15 is 0 Å². The summed E-state index contributed by atoms with van der Waals surface area (Å²) in [7, 11) is -2.25. The predicted molar refractivity (Wildman–Crippen MR) is 103 cm³/mol. The number of nitrogens with one attached hydrogen (secondary N) is 1. The van der Waals surface area contributed by atoms with Crippen LogP contribution in [0.5, 0.6) is 5.75 Å². The second-order valence-electron chi connectivity index (χ2n) is 6.14. The molecule has 0 radical (unpaired) electrons. The summed E-state index contributed by atoms with van der Waals surface area (Å²) in [5.41, 5.74) is 0.807. The molecule has 0 bridgehead atoms. The Hall–Kier alpha value is -2.58. The smallest absolute Gasteiger partial charge is 0.255 e. The second kappa shape index (κ2) is 7.21. The van der Waals surface area contributed by atoms with Crippen molar-refractivity contribution in [1.29, 1.82) is 0 Å². The van der Waals surface area contributed by atoms with Crippen LogP contribution in [0.25, 0.3) is 0 Å². The van der Waals surface area contributed by atoms with Gasteiger partial charge in [0, 0.05) is 11.3 Å². The third-order valence-corrected chi connectivity index (χ3v) is 6.28. The highest BCUT2D eigenvalue weighted by atomic mass is 35.5. The van der Waals surface area contributed by atoms with Gasteiger partial charge in [0.05, 0.1) is 29.5 Å². The standard InChI is InChI=1S/C18H17ClN2O5S/c1-11-10-27(24,25)21(18(11)23)14-5-3-4-12(8-14)17(22)20-13-6-7-16(26-2)15(19)9-13/h3-9,11H,10H2,1-2H3,(H,20,22)/t11-/m0/s1. The molecule has 7 nitrogen and oxygen atoms in total. The van der Waals surface area contributed by atoms with Gasteiger partial charge in [0.1, 0.15) is 5.75 Å². The molecule has 1 atom stereocenters. The van der Waals surface area contributed by atoms with Crippen molar-refractivity contribution < 1.29 is 22.7 Å². The molecule has 2 aromatic rings. The number of hydrogen-bond acceptors (Lipinski definition) is 5. The number of methoxy groups -OCH3 is 1. The van der Waals surface area contributed by atoms with Gasteiger partial charge in [-0.1, -0.05) is 24.6 Å². The highest BCUT2D eigenvalue weighted by Gasteiger charge is 2.42. The number of carbonyl (C=O) groups is 2. The fraction of sp³-hybridized carbons (Fsp3) is 0.222. The van der Waals surface area contributed by atoms with Crippen LogP contribution in [0.2, 0.25) is 5.02 Å². The van der Waals surface area contributed by atoms with Crippen molar-refractivity contribution in [3.8, 4) is 5.75 Å². The normalized spacial score (nSPS) is 18.4. The molecule has 1 fully saturated rings. The Morgan fingerprint density at radius 2 is 2.00 bits per heavy atom. The van der Waals surface area contributed by atoms with Gasteiger partial charge in [0.25, 0.3) is 5.91 Å². The van der Waals surface area contributed by atoms with Crippen LogP contribution in [0.4, 0.5) is 11.4 Å². The molecule has 1 aliphatic heterocycles. The SMILES string of the molecule is COc1ccc(NC(=O)c2cccc(N3C(=O)[C@@H](C)CS3(=O)=O)c2)cc1Cl. The maximum Gasteiger partial charge on any atom is 0.255 e. The number of nitrogens with zero attached hydrogens (tertiary/aromatic N) is 1. The van der Waals surface area contributed by atoms with E-state index in [1.54, 1.807) is 19.1 Å². The molecule has 1 N–H and O–H groups in total. The minimum absolute atomic E-state index is 0.143. The number of sulfonamides is 1. The zero-order valence-electron chi connectivity index (χ0n) is 14.6. The molecule has 2 aromatic carbocycles. The molecule has 0 saturated carbocycles. The van der Waals surface area contributed by atoms with Crippen molar-refractivity contribution in [3.05, 3.63) is 53.1 Å². The van der Waals surface area contributed by atoms with E-state index in [0.29, 0.717) is 16.5 Å². The van der Waals surface area contributed by atoms with Crippen LogP contribution in [0.1, 0.15) is 17.3 Å². The molecule has 0 spiro atoms. The van der Waals surface area contributed by atoms with Crippen molar-refractivity contribution in [2.24, 2.45) is 5.92 Å². The number of benzene rings is 2. The first-order valence-corrected chi connectivity index (χ1v) is 10.0. The molecule has 0 unspecified atom stereocenters. The van der Waals surface area contributed by atoms with Gasteiger partial charge in [-0.15, -0.1) is 0 Å². The topological polar surface area (TPSA) is 92.8 Å². The fourth-order valence-corrected chi connectivity index (χ4v) is 4.88. The second-order valence-corrected chi connectivity index (χ2v) is 8.41. The van der Waals surface area contributed by atoms with Crippen molar-refractivity contribution in [2.75, 3.05) is 22.5 Å². The molecule has 1 aliphatic rings. The maximum atomic E-state index is 12.5. The van der Waals surface area contributed by atoms with Crippen LogP contribution >= 0.6 is 11.6 Å². The molecule has 1 heterocycles. The molecule has 2 amide bonds. The number of halogens is 1. The van der Waals surface area contributed by atoms with E-state index in [4.69, 9.17) is 16.3 Å². The van der Waals surface area contributed by atoms with Crippen molar-refractivity contribution >= 4 is 44.8 Å². The lowest BCUT2D eigenvalue weighted by Crippen LogP contribution is -2.30. The van der Waals surface area contributed by atoms with Gasteiger partial charge >= 0.3 is 0 Å². The van der Waals surface area contributed by atoms with E-state index in [0.717, 1.165) is 4.31 Å². The zero-order valence-corrected chi connectivity index (χ0v) is 16.2. The van der Waals surface area contributed by atoms with Crippen LogP contribution in [-0.4, -0.2) is 33.1 Å². The highest BCUT2D eigenvalue weighted by Crippen LogP contribution is 2.30. The first-order chi connectivity index (χ1) is 12.7. The number of carbonyl (C=O) groups excluding carboxylic acids is 2. The number of ether oxygens (including phenoxy) is 1. The summed E-state index contributed by atoms with van der Waals surface area (Å²) in [5, 5.41) is 3.02. The lowest BCUT2D eigenvalue weighted by molar-refractivity contribution is -0.119. The van der Waals surface area contributed by atoms with Gasteiger partial charge in [-0.3, -0.25) is 9.59 Å². The van der Waals surface area contributed by atoms with Gasteiger partial charge in [-0.25, -0.2) is 12.7 Å². The number of hydrogen-bond donors (Lipinski definition) is 1. The lowest BCUT2D eigenvalue weighted by Gasteiger charge is -2.16. The Morgan fingerprint density at radius 1 is 1.26 bits per heavy atom. The lowest BCUT2D eigenvalue weighted by atomic mass is 10.1. The molecule has 0 aromatic heterocycles. The van der Waals surface area contributed by atoms with Crippen LogP contribution < -0.4 is 14.4 Å². The van der Waals surface area contributed by atoms with E-state index in [2.05, 4.69) is 5.32 Å². The first kappa shape index (κ1) is 19.2. The van der Waals surface area contributed by atoms with E-state index < -0.39 is 27.8 Å². The third kappa shape index (κ3) is 3.77. The number of anilines is 2. The fourth-order valence-electron chi connectivity index (χ4n) is 2.81. The largest absolute Gasteiger partial charge is 0.495 e. The number of rotatable bonds is 4. The average Bonchev–Trinajstić information content (AvgIpc) is 2.82. The molecule has 9 heteroatoms. The van der Waals surface area contributed by atoms with E-state index in [-0.39, 0.29) is 17.0 Å². The van der Waals surface area contributed by atoms with Gasteiger partial charge in [-0.2, -0.15) is 0 Å². The third-order valence-electron chi connectivity index (χ3n) is 4.11. The van der Waals surface area contributed by atoms with Gasteiger partial charge in [0.2, 0.25) is 15.9 Å². The summed E-state index contributed by atoms with van der Waals surface area (Å²) in [6, 6.07) is 10.7. The van der Waals surface area contributed by atoms with Crippen LogP contribution in [0, 0.1) is 5.92 Å². The van der Waals surface area contributed by atoms with Crippen molar-refractivity contribution in [2.45, 2.75) is 6.92 Å². The summed E-state index contributed by atoms with van der Waals surface area (Å²) in [5.74, 6) is -1.35.